The fraction of sp³-hybridized carbons (Fsp3) is 0.850. The maximum Gasteiger partial charge on any atom is 0.252 e. The van der Waals surface area contributed by atoms with E-state index in [4.69, 9.17) is 18.9 Å². The number of ether oxygens (including phenoxy) is 4. The van der Waals surface area contributed by atoms with E-state index in [0.29, 0.717) is 12.3 Å². The molecule has 7 N–H and O–H groups in total. The maximum absolute atomic E-state index is 12.7. The molecule has 15 heteroatoms. The third-order valence-corrected chi connectivity index (χ3v) is 5.96. The third kappa shape index (κ3) is 7.47. The van der Waals surface area contributed by atoms with Crippen LogP contribution in [0.4, 0.5) is 0 Å². The van der Waals surface area contributed by atoms with Crippen molar-refractivity contribution in [3.8, 4) is 0 Å². The zero-order chi connectivity index (χ0) is 26.3. The Morgan fingerprint density at radius 3 is 2.29 bits per heavy atom. The summed E-state index contributed by atoms with van der Waals surface area (Å²) in [6.45, 7) is 2.21. The van der Waals surface area contributed by atoms with E-state index in [1.54, 1.807) is 6.92 Å². The Morgan fingerprint density at radius 2 is 1.71 bits per heavy atom. The van der Waals surface area contributed by atoms with Gasteiger partial charge in [-0.2, -0.15) is 12.6 Å². The minimum Gasteiger partial charge on any atom is -0.394 e. The van der Waals surface area contributed by atoms with Crippen molar-refractivity contribution in [1.29, 1.82) is 0 Å². The standard InChI is InChI=1S/C20H35N3O11S/c1-8-12(23-9(2)25)16(13(27)10(7-24)32-8)33-20-15(29)14(28)17(31-3)18(34-20)19(30)22-6-11(26)21-4-5-35/h8,10,12-18,20,24,27-29,35H,4-7H2,1-3H3,(H,21,26)(H,22,30)(H,23,25)/t8-,10?,12?,13+,14?,15?,16?,17-,18?,20+/m0/s1. The van der Waals surface area contributed by atoms with Crippen LogP contribution in [0.1, 0.15) is 13.8 Å². The lowest BCUT2D eigenvalue weighted by Crippen LogP contribution is -2.68. The summed E-state index contributed by atoms with van der Waals surface area (Å²) in [5.74, 6) is -1.33. The van der Waals surface area contributed by atoms with Crippen molar-refractivity contribution < 1.29 is 53.8 Å². The SMILES string of the molecule is CO[C@@H]1C(C(=O)NCC(=O)NCCS)O[C@@H](OC2C(NC(C)=O)[C@H](C)OC(CO)[C@H]2O)C(O)C1O. The molecule has 6 unspecified atom stereocenters. The highest BCUT2D eigenvalue weighted by molar-refractivity contribution is 7.80. The Hall–Kier alpha value is -1.56. The zero-order valence-corrected chi connectivity index (χ0v) is 20.6. The van der Waals surface area contributed by atoms with Gasteiger partial charge in [-0.1, -0.05) is 0 Å². The predicted octanol–water partition coefficient (Wildman–Crippen LogP) is -4.36. The summed E-state index contributed by atoms with van der Waals surface area (Å²) in [5, 5.41) is 48.9. The van der Waals surface area contributed by atoms with Crippen LogP contribution in [-0.2, 0) is 33.3 Å². The van der Waals surface area contributed by atoms with E-state index in [1.165, 1.54) is 14.0 Å². The Bertz CT molecular complexity index is 732. The van der Waals surface area contributed by atoms with E-state index in [0.717, 1.165) is 0 Å². The summed E-state index contributed by atoms with van der Waals surface area (Å²) in [6, 6.07) is -0.916. The number of thiol groups is 1. The van der Waals surface area contributed by atoms with Crippen molar-refractivity contribution >= 4 is 30.4 Å². The highest BCUT2D eigenvalue weighted by Crippen LogP contribution is 2.30. The van der Waals surface area contributed by atoms with Gasteiger partial charge < -0.3 is 55.3 Å². The van der Waals surface area contributed by atoms with Gasteiger partial charge >= 0.3 is 0 Å². The first-order chi connectivity index (χ1) is 16.5. The molecule has 35 heavy (non-hydrogen) atoms. The Balaban J connectivity index is 2.20. The molecule has 2 aliphatic heterocycles. The monoisotopic (exact) mass is 525 g/mol. The zero-order valence-electron chi connectivity index (χ0n) is 19.7. The smallest absolute Gasteiger partial charge is 0.252 e. The van der Waals surface area contributed by atoms with Gasteiger partial charge in [0, 0.05) is 26.3 Å². The molecule has 0 radical (unpaired) electrons. The van der Waals surface area contributed by atoms with Crippen LogP contribution in [-0.4, -0.2) is 132 Å². The second-order valence-electron chi connectivity index (χ2n) is 8.28. The molecule has 0 aromatic carbocycles. The minimum absolute atomic E-state index is 0.301. The summed E-state index contributed by atoms with van der Waals surface area (Å²) >= 11 is 3.98. The molecule has 2 rings (SSSR count). The first-order valence-electron chi connectivity index (χ1n) is 11.1. The number of aliphatic hydroxyl groups excluding tert-OH is 4. The highest BCUT2D eigenvalue weighted by atomic mass is 32.1. The van der Waals surface area contributed by atoms with Gasteiger partial charge in [-0.3, -0.25) is 14.4 Å². The van der Waals surface area contributed by atoms with Crippen molar-refractivity contribution in [2.75, 3.05) is 32.6 Å². The number of rotatable bonds is 10. The minimum atomic E-state index is -1.71. The molecule has 2 aliphatic rings. The van der Waals surface area contributed by atoms with Gasteiger partial charge in [0.05, 0.1) is 25.3 Å². The third-order valence-electron chi connectivity index (χ3n) is 5.74. The molecule has 14 nitrogen and oxygen atoms in total. The lowest BCUT2D eigenvalue weighted by atomic mass is 9.92. The van der Waals surface area contributed by atoms with E-state index in [9.17, 15) is 34.8 Å². The quantitative estimate of drug-likeness (QED) is 0.128. The molecule has 2 saturated heterocycles. The summed E-state index contributed by atoms with van der Waals surface area (Å²) in [7, 11) is 1.20. The van der Waals surface area contributed by atoms with Gasteiger partial charge in [-0.05, 0) is 6.92 Å². The normalized spacial score (nSPS) is 37.4. The Labute approximate surface area is 208 Å². The summed E-state index contributed by atoms with van der Waals surface area (Å²) in [4.78, 5) is 36.2. The number of amides is 3. The van der Waals surface area contributed by atoms with Crippen molar-refractivity contribution in [3.63, 3.8) is 0 Å². The number of carbonyl (C=O) groups is 3. The van der Waals surface area contributed by atoms with Gasteiger partial charge in [-0.15, -0.1) is 0 Å². The molecule has 0 spiro atoms. The van der Waals surface area contributed by atoms with Crippen LogP contribution in [0.3, 0.4) is 0 Å². The van der Waals surface area contributed by atoms with Crippen LogP contribution in [0.2, 0.25) is 0 Å². The van der Waals surface area contributed by atoms with Crippen molar-refractivity contribution in [3.05, 3.63) is 0 Å². The number of carbonyl (C=O) groups excluding carboxylic acids is 3. The van der Waals surface area contributed by atoms with Crippen LogP contribution >= 0.6 is 12.6 Å². The average Bonchev–Trinajstić information content (AvgIpc) is 2.82. The average molecular weight is 526 g/mol. The first kappa shape index (κ1) is 29.7. The van der Waals surface area contributed by atoms with Crippen LogP contribution in [0.5, 0.6) is 0 Å². The van der Waals surface area contributed by atoms with Gasteiger partial charge in [0.2, 0.25) is 11.8 Å². The largest absolute Gasteiger partial charge is 0.394 e. The van der Waals surface area contributed by atoms with Gasteiger partial charge in [0.25, 0.3) is 5.91 Å². The van der Waals surface area contributed by atoms with E-state index in [2.05, 4.69) is 28.6 Å². The number of aliphatic hydroxyl groups is 4. The molecule has 0 aliphatic carbocycles. The van der Waals surface area contributed by atoms with Crippen molar-refractivity contribution in [2.24, 2.45) is 0 Å². The molecule has 0 aromatic heterocycles. The van der Waals surface area contributed by atoms with Crippen LogP contribution in [0.15, 0.2) is 0 Å². The van der Waals surface area contributed by atoms with Crippen LogP contribution in [0, 0.1) is 0 Å². The molecular formula is C20H35N3O11S. The lowest BCUT2D eigenvalue weighted by Gasteiger charge is -2.47. The van der Waals surface area contributed by atoms with E-state index in [1.807, 2.05) is 0 Å². The topological polar surface area (TPSA) is 205 Å². The molecular weight excluding hydrogens is 490 g/mol. The predicted molar refractivity (Wildman–Crippen MR) is 121 cm³/mol. The maximum atomic E-state index is 12.7. The highest BCUT2D eigenvalue weighted by Gasteiger charge is 2.52. The molecule has 3 amide bonds. The molecule has 0 bridgehead atoms. The lowest BCUT2D eigenvalue weighted by molar-refractivity contribution is -0.325. The van der Waals surface area contributed by atoms with E-state index in [-0.39, 0.29) is 6.54 Å². The summed E-state index contributed by atoms with van der Waals surface area (Å²) in [5.41, 5.74) is 0. The summed E-state index contributed by atoms with van der Waals surface area (Å²) < 4.78 is 22.1. The number of methoxy groups -OCH3 is 1. The molecule has 2 fully saturated rings. The van der Waals surface area contributed by atoms with E-state index < -0.39 is 85.5 Å². The van der Waals surface area contributed by atoms with Gasteiger partial charge in [0.1, 0.15) is 36.6 Å². The molecule has 0 aromatic rings. The number of hydrogen-bond acceptors (Lipinski definition) is 12. The molecule has 202 valence electrons. The van der Waals surface area contributed by atoms with Crippen LogP contribution in [0.25, 0.3) is 0 Å². The van der Waals surface area contributed by atoms with Crippen molar-refractivity contribution in [1.82, 2.24) is 16.0 Å². The molecule has 2 heterocycles. The number of hydrogen-bond donors (Lipinski definition) is 8. The Morgan fingerprint density at radius 1 is 1.03 bits per heavy atom. The first-order valence-corrected chi connectivity index (χ1v) is 11.8. The Kier molecular flexibility index (Phi) is 11.6. The fourth-order valence-electron chi connectivity index (χ4n) is 3.99. The summed E-state index contributed by atoms with van der Waals surface area (Å²) in [6.07, 6.45) is -12.3. The second kappa shape index (κ2) is 13.7. The van der Waals surface area contributed by atoms with E-state index >= 15 is 0 Å². The molecule has 10 atom stereocenters. The van der Waals surface area contributed by atoms with Gasteiger partial charge in [0.15, 0.2) is 12.4 Å². The second-order valence-corrected chi connectivity index (χ2v) is 8.72. The fourth-order valence-corrected chi connectivity index (χ4v) is 4.10. The molecule has 0 saturated carbocycles. The number of nitrogens with one attached hydrogen (secondary N) is 3. The van der Waals surface area contributed by atoms with Crippen LogP contribution < -0.4 is 16.0 Å². The van der Waals surface area contributed by atoms with Crippen molar-refractivity contribution in [2.45, 2.75) is 75.0 Å². The van der Waals surface area contributed by atoms with Gasteiger partial charge in [-0.25, -0.2) is 0 Å².